The van der Waals surface area contributed by atoms with Gasteiger partial charge in [0.05, 0.1) is 6.20 Å². The summed E-state index contributed by atoms with van der Waals surface area (Å²) in [7, 11) is 0. The second-order valence-corrected chi connectivity index (χ2v) is 5.00. The molecular weight excluding hydrogens is 320 g/mol. The molecule has 0 fully saturated rings. The number of rotatable bonds is 3. The van der Waals surface area contributed by atoms with Crippen LogP contribution in [0.25, 0.3) is 0 Å². The summed E-state index contributed by atoms with van der Waals surface area (Å²) in [6, 6.07) is 5.01. The summed E-state index contributed by atoms with van der Waals surface area (Å²) in [5.41, 5.74) is 6.84. The minimum Gasteiger partial charge on any atom is -0.384 e. The zero-order valence-corrected chi connectivity index (χ0v) is 11.5. The molecule has 0 aliphatic rings. The van der Waals surface area contributed by atoms with E-state index in [1.165, 1.54) is 0 Å². The fourth-order valence-corrected chi connectivity index (χ4v) is 2.28. The van der Waals surface area contributed by atoms with E-state index in [0.717, 1.165) is 10.0 Å². The predicted octanol–water partition coefficient (Wildman–Crippen LogP) is 2.34. The van der Waals surface area contributed by atoms with E-state index in [2.05, 4.69) is 31.4 Å². The normalized spacial score (nSPS) is 10.3. The van der Waals surface area contributed by atoms with Gasteiger partial charge in [0.2, 0.25) is 0 Å². The van der Waals surface area contributed by atoms with Crippen LogP contribution in [0.5, 0.6) is 0 Å². The Morgan fingerprint density at radius 3 is 2.89 bits per heavy atom. The first-order valence-electron chi connectivity index (χ1n) is 5.08. The number of nitrogen functional groups attached to an aromatic ring is 1. The minimum atomic E-state index is -0.223. The van der Waals surface area contributed by atoms with E-state index in [9.17, 15) is 4.79 Å². The molecule has 0 spiro atoms. The monoisotopic (exact) mass is 328 g/mol. The van der Waals surface area contributed by atoms with Gasteiger partial charge in [-0.2, -0.15) is 5.10 Å². The van der Waals surface area contributed by atoms with Crippen molar-refractivity contribution in [2.45, 2.75) is 6.54 Å². The summed E-state index contributed by atoms with van der Waals surface area (Å²) in [5, 5.41) is 9.60. The van der Waals surface area contributed by atoms with E-state index in [4.69, 9.17) is 17.3 Å². The van der Waals surface area contributed by atoms with Gasteiger partial charge in [-0.1, -0.05) is 27.5 Å². The summed E-state index contributed by atoms with van der Waals surface area (Å²) in [5.74, 6) is 0.223. The van der Waals surface area contributed by atoms with Gasteiger partial charge in [-0.25, -0.2) is 0 Å². The fourth-order valence-electron chi connectivity index (χ4n) is 1.42. The molecule has 1 amide bonds. The van der Waals surface area contributed by atoms with E-state index in [0.29, 0.717) is 22.9 Å². The Morgan fingerprint density at radius 2 is 2.28 bits per heavy atom. The number of hydrogen-bond donors (Lipinski definition) is 3. The number of nitrogens with two attached hydrogens (primary N) is 1. The highest BCUT2D eigenvalue weighted by Crippen LogP contribution is 2.19. The van der Waals surface area contributed by atoms with Crippen molar-refractivity contribution in [3.05, 3.63) is 45.0 Å². The quantitative estimate of drug-likeness (QED) is 0.808. The summed E-state index contributed by atoms with van der Waals surface area (Å²) < 4.78 is 0.753. The molecule has 0 aliphatic carbocycles. The second kappa shape index (κ2) is 5.41. The number of hydrogen-bond acceptors (Lipinski definition) is 3. The molecule has 94 valence electrons. The first kappa shape index (κ1) is 12.9. The van der Waals surface area contributed by atoms with Crippen LogP contribution in [-0.4, -0.2) is 16.1 Å². The van der Waals surface area contributed by atoms with E-state index in [1.807, 2.05) is 0 Å². The Kier molecular flexibility index (Phi) is 3.88. The average molecular weight is 330 g/mol. The van der Waals surface area contributed by atoms with Crippen molar-refractivity contribution in [2.75, 3.05) is 5.73 Å². The molecule has 5 nitrogen and oxygen atoms in total. The molecule has 0 radical (unpaired) electrons. The van der Waals surface area contributed by atoms with Crippen LogP contribution in [0.3, 0.4) is 0 Å². The van der Waals surface area contributed by atoms with Crippen molar-refractivity contribution in [2.24, 2.45) is 0 Å². The largest absolute Gasteiger partial charge is 0.384 e. The zero-order valence-electron chi connectivity index (χ0n) is 9.21. The molecule has 7 heteroatoms. The zero-order chi connectivity index (χ0) is 13.1. The second-order valence-electron chi connectivity index (χ2n) is 3.65. The van der Waals surface area contributed by atoms with Crippen LogP contribution >= 0.6 is 27.5 Å². The van der Waals surface area contributed by atoms with Crippen molar-refractivity contribution in [3.63, 3.8) is 0 Å². The van der Waals surface area contributed by atoms with Crippen molar-refractivity contribution < 1.29 is 4.79 Å². The van der Waals surface area contributed by atoms with Crippen LogP contribution in [-0.2, 0) is 6.54 Å². The number of aromatic amines is 1. The van der Waals surface area contributed by atoms with Gasteiger partial charge in [-0.15, -0.1) is 0 Å². The Bertz CT molecular complexity index is 564. The fraction of sp³-hybridized carbons (Fsp3) is 0.0909. The summed E-state index contributed by atoms with van der Waals surface area (Å²) >= 11 is 9.16. The number of amides is 1. The number of benzene rings is 1. The molecule has 2 aromatic rings. The lowest BCUT2D eigenvalue weighted by atomic mass is 10.2. The number of halogens is 2. The van der Waals surface area contributed by atoms with Crippen molar-refractivity contribution in [1.29, 1.82) is 0 Å². The van der Waals surface area contributed by atoms with Gasteiger partial charge in [0, 0.05) is 27.2 Å². The number of nitrogens with one attached hydrogen (secondary N) is 2. The number of aromatic nitrogens is 2. The molecule has 1 aromatic heterocycles. The summed E-state index contributed by atoms with van der Waals surface area (Å²) in [6.45, 7) is 0.311. The van der Waals surface area contributed by atoms with E-state index in [-0.39, 0.29) is 5.91 Å². The van der Waals surface area contributed by atoms with Gasteiger partial charge in [0.1, 0.15) is 5.82 Å². The first-order chi connectivity index (χ1) is 8.56. The molecule has 0 unspecified atom stereocenters. The summed E-state index contributed by atoms with van der Waals surface area (Å²) in [4.78, 5) is 11.9. The molecule has 1 heterocycles. The molecular formula is C11H10BrClN4O. The lowest BCUT2D eigenvalue weighted by molar-refractivity contribution is 0.0951. The number of anilines is 1. The lowest BCUT2D eigenvalue weighted by Gasteiger charge is -2.05. The Labute approximate surface area is 117 Å². The van der Waals surface area contributed by atoms with Crippen LogP contribution < -0.4 is 11.1 Å². The number of nitrogens with zero attached hydrogens (tertiary/aromatic N) is 1. The average Bonchev–Trinajstić information content (AvgIpc) is 2.70. The van der Waals surface area contributed by atoms with E-state index in [1.54, 1.807) is 24.4 Å². The van der Waals surface area contributed by atoms with E-state index >= 15 is 0 Å². The molecule has 18 heavy (non-hydrogen) atoms. The van der Waals surface area contributed by atoms with Gasteiger partial charge < -0.3 is 11.1 Å². The molecule has 1 aromatic carbocycles. The van der Waals surface area contributed by atoms with E-state index < -0.39 is 0 Å². The molecule has 4 N–H and O–H groups in total. The molecule has 0 saturated carbocycles. The third kappa shape index (κ3) is 3.02. The third-order valence-corrected chi connectivity index (χ3v) is 2.99. The predicted molar refractivity (Wildman–Crippen MR) is 73.3 cm³/mol. The van der Waals surface area contributed by atoms with Crippen molar-refractivity contribution in [3.8, 4) is 0 Å². The van der Waals surface area contributed by atoms with Gasteiger partial charge >= 0.3 is 0 Å². The molecule has 0 saturated heterocycles. The molecule has 2 rings (SSSR count). The first-order valence-corrected chi connectivity index (χ1v) is 6.25. The Hall–Kier alpha value is -1.53. The maximum Gasteiger partial charge on any atom is 0.251 e. The van der Waals surface area contributed by atoms with Crippen LogP contribution in [0.4, 0.5) is 5.82 Å². The van der Waals surface area contributed by atoms with Crippen LogP contribution in [0, 0.1) is 0 Å². The van der Waals surface area contributed by atoms with Gasteiger partial charge in [-0.3, -0.25) is 9.89 Å². The Morgan fingerprint density at radius 1 is 1.50 bits per heavy atom. The van der Waals surface area contributed by atoms with Crippen molar-refractivity contribution >= 4 is 39.3 Å². The number of carbonyl (C=O) groups is 1. The van der Waals surface area contributed by atoms with Gasteiger partial charge in [-0.05, 0) is 18.2 Å². The number of H-pyrrole nitrogens is 1. The SMILES string of the molecule is Nc1[nH]ncc1CNC(=O)c1cc(Cl)cc(Br)c1. The molecule has 0 atom stereocenters. The molecule has 0 bridgehead atoms. The standard InChI is InChI=1S/C11H10BrClN4O/c12-8-1-6(2-9(13)3-8)11(18)15-4-7-5-16-17-10(7)14/h1-3,5H,4H2,(H,15,18)(H3,14,16,17). The van der Waals surface area contributed by atoms with Gasteiger partial charge in [0.25, 0.3) is 5.91 Å². The third-order valence-electron chi connectivity index (χ3n) is 2.32. The van der Waals surface area contributed by atoms with Crippen LogP contribution in [0.1, 0.15) is 15.9 Å². The van der Waals surface area contributed by atoms with Crippen LogP contribution in [0.15, 0.2) is 28.9 Å². The summed E-state index contributed by atoms with van der Waals surface area (Å²) in [6.07, 6.45) is 1.57. The molecule has 0 aliphatic heterocycles. The maximum absolute atomic E-state index is 11.9. The van der Waals surface area contributed by atoms with Gasteiger partial charge in [0.15, 0.2) is 0 Å². The highest BCUT2D eigenvalue weighted by atomic mass is 79.9. The maximum atomic E-state index is 11.9. The highest BCUT2D eigenvalue weighted by molar-refractivity contribution is 9.10. The smallest absolute Gasteiger partial charge is 0.251 e. The highest BCUT2D eigenvalue weighted by Gasteiger charge is 2.09. The van der Waals surface area contributed by atoms with Crippen LogP contribution in [0.2, 0.25) is 5.02 Å². The number of carbonyl (C=O) groups excluding carboxylic acids is 1. The van der Waals surface area contributed by atoms with Crippen molar-refractivity contribution in [1.82, 2.24) is 15.5 Å². The lowest BCUT2D eigenvalue weighted by Crippen LogP contribution is -2.23. The topological polar surface area (TPSA) is 83.8 Å². The Balaban J connectivity index is 2.06. The minimum absolute atomic E-state index is 0.223.